The van der Waals surface area contributed by atoms with Crippen molar-refractivity contribution in [2.24, 2.45) is 0 Å². The molecule has 3 nitrogen and oxygen atoms in total. The minimum absolute atomic E-state index is 0.134. The van der Waals surface area contributed by atoms with E-state index in [-0.39, 0.29) is 18.2 Å². The molecule has 1 unspecified atom stereocenters. The van der Waals surface area contributed by atoms with Crippen molar-refractivity contribution < 1.29 is 9.84 Å². The van der Waals surface area contributed by atoms with Crippen molar-refractivity contribution in [1.29, 1.82) is 0 Å². The third kappa shape index (κ3) is 5.24. The smallest absolute Gasteiger partial charge is 0.0720 e. The van der Waals surface area contributed by atoms with E-state index in [0.717, 1.165) is 6.54 Å². The van der Waals surface area contributed by atoms with Gasteiger partial charge in [0.15, 0.2) is 0 Å². The summed E-state index contributed by atoms with van der Waals surface area (Å²) in [7, 11) is 3.76. The van der Waals surface area contributed by atoms with Crippen molar-refractivity contribution in [2.75, 3.05) is 27.3 Å². The quantitative estimate of drug-likeness (QED) is 0.703. The van der Waals surface area contributed by atoms with E-state index < -0.39 is 0 Å². The Kier molecular flexibility index (Phi) is 5.53. The fourth-order valence-electron chi connectivity index (χ4n) is 1.01. The average molecular weight is 189 g/mol. The van der Waals surface area contributed by atoms with Crippen molar-refractivity contribution in [3.63, 3.8) is 0 Å². The highest BCUT2D eigenvalue weighted by atomic mass is 16.5. The van der Waals surface area contributed by atoms with Gasteiger partial charge < -0.3 is 9.84 Å². The number of likely N-dealkylation sites (N-methyl/N-ethyl adjacent to an activating group) is 1. The zero-order valence-corrected chi connectivity index (χ0v) is 9.50. The Morgan fingerprint density at radius 1 is 1.38 bits per heavy atom. The minimum atomic E-state index is 0.134. The summed E-state index contributed by atoms with van der Waals surface area (Å²) < 4.78 is 5.25. The Bertz CT molecular complexity index is 131. The van der Waals surface area contributed by atoms with Gasteiger partial charge in [0.25, 0.3) is 0 Å². The normalized spacial score (nSPS) is 15.0. The van der Waals surface area contributed by atoms with Crippen LogP contribution in [0.5, 0.6) is 0 Å². The molecule has 0 heterocycles. The van der Waals surface area contributed by atoms with E-state index in [1.165, 1.54) is 0 Å². The Morgan fingerprint density at radius 2 is 1.92 bits per heavy atom. The highest BCUT2D eigenvalue weighted by Crippen LogP contribution is 2.12. The molecule has 0 saturated heterocycles. The first kappa shape index (κ1) is 12.9. The van der Waals surface area contributed by atoms with Crippen LogP contribution in [0, 0.1) is 0 Å². The van der Waals surface area contributed by atoms with Gasteiger partial charge in [-0.3, -0.25) is 4.90 Å². The van der Waals surface area contributed by atoms with E-state index in [0.29, 0.717) is 6.42 Å². The molecule has 0 aliphatic heterocycles. The minimum Gasteiger partial charge on any atom is -0.396 e. The lowest BCUT2D eigenvalue weighted by atomic mass is 10.1. The van der Waals surface area contributed by atoms with Crippen LogP contribution in [-0.2, 0) is 4.74 Å². The molecule has 0 fully saturated rings. The van der Waals surface area contributed by atoms with Gasteiger partial charge in [0.2, 0.25) is 0 Å². The molecule has 0 aliphatic carbocycles. The molecule has 1 atom stereocenters. The van der Waals surface area contributed by atoms with Crippen molar-refractivity contribution in [3.05, 3.63) is 0 Å². The number of rotatable bonds is 5. The highest BCUT2D eigenvalue weighted by Gasteiger charge is 2.20. The average Bonchev–Trinajstić information content (AvgIpc) is 2.01. The van der Waals surface area contributed by atoms with Crippen LogP contribution in [0.15, 0.2) is 0 Å². The predicted octanol–water partition coefficient (Wildman–Crippen LogP) is 1.11. The molecule has 80 valence electrons. The van der Waals surface area contributed by atoms with Gasteiger partial charge in [-0.25, -0.2) is 0 Å². The van der Waals surface area contributed by atoms with Crippen LogP contribution in [0.25, 0.3) is 0 Å². The summed E-state index contributed by atoms with van der Waals surface area (Å²) in [5, 5.41) is 8.78. The first-order chi connectivity index (χ1) is 5.91. The van der Waals surface area contributed by atoms with Crippen molar-refractivity contribution in [3.8, 4) is 0 Å². The monoisotopic (exact) mass is 189 g/mol. The lowest BCUT2D eigenvalue weighted by molar-refractivity contribution is 0.0286. The van der Waals surface area contributed by atoms with Crippen LogP contribution in [0.3, 0.4) is 0 Å². The van der Waals surface area contributed by atoms with Gasteiger partial charge in [0.1, 0.15) is 0 Å². The summed E-state index contributed by atoms with van der Waals surface area (Å²) in [4.78, 5) is 2.23. The predicted molar refractivity (Wildman–Crippen MR) is 54.9 cm³/mol. The molecule has 3 heteroatoms. The molecule has 0 aromatic rings. The number of hydrogen-bond acceptors (Lipinski definition) is 3. The van der Waals surface area contributed by atoms with Crippen LogP contribution in [0.2, 0.25) is 0 Å². The molecule has 0 aliphatic rings. The number of aliphatic hydroxyl groups is 1. The Balaban J connectivity index is 3.93. The molecule has 0 rings (SSSR count). The van der Waals surface area contributed by atoms with Crippen LogP contribution >= 0.6 is 0 Å². The molecule has 13 heavy (non-hydrogen) atoms. The van der Waals surface area contributed by atoms with Crippen LogP contribution in [0.4, 0.5) is 0 Å². The van der Waals surface area contributed by atoms with Gasteiger partial charge >= 0.3 is 0 Å². The van der Waals surface area contributed by atoms with Gasteiger partial charge in [0, 0.05) is 25.8 Å². The second-order valence-electron chi connectivity index (χ2n) is 4.42. The number of aliphatic hydroxyl groups excluding tert-OH is 1. The molecule has 0 aromatic carbocycles. The maximum absolute atomic E-state index is 8.78. The zero-order valence-electron chi connectivity index (χ0n) is 9.50. The fourth-order valence-corrected chi connectivity index (χ4v) is 1.01. The third-order valence-electron chi connectivity index (χ3n) is 2.41. The van der Waals surface area contributed by atoms with E-state index in [1.54, 1.807) is 7.11 Å². The van der Waals surface area contributed by atoms with Gasteiger partial charge in [-0.15, -0.1) is 0 Å². The summed E-state index contributed by atoms with van der Waals surface area (Å²) in [6.45, 7) is 7.55. The highest BCUT2D eigenvalue weighted by molar-refractivity contribution is 4.75. The Hall–Kier alpha value is -0.120. The second kappa shape index (κ2) is 5.58. The number of ether oxygens (including phenoxy) is 1. The first-order valence-electron chi connectivity index (χ1n) is 4.76. The van der Waals surface area contributed by atoms with Crippen molar-refractivity contribution >= 4 is 0 Å². The number of nitrogens with zero attached hydrogens (tertiary/aromatic N) is 1. The SMILES string of the molecule is COC(CCO)CN(C)C(C)(C)C. The Morgan fingerprint density at radius 3 is 2.23 bits per heavy atom. The molecule has 0 radical (unpaired) electrons. The van der Waals surface area contributed by atoms with Crippen molar-refractivity contribution in [1.82, 2.24) is 4.90 Å². The van der Waals surface area contributed by atoms with Crippen molar-refractivity contribution in [2.45, 2.75) is 38.8 Å². The maximum Gasteiger partial charge on any atom is 0.0720 e. The number of hydrogen-bond donors (Lipinski definition) is 1. The van der Waals surface area contributed by atoms with E-state index in [4.69, 9.17) is 9.84 Å². The van der Waals surface area contributed by atoms with E-state index in [1.807, 2.05) is 0 Å². The van der Waals surface area contributed by atoms with Crippen LogP contribution < -0.4 is 0 Å². The summed E-state index contributed by atoms with van der Waals surface area (Å²) in [6.07, 6.45) is 0.839. The van der Waals surface area contributed by atoms with Crippen LogP contribution in [-0.4, -0.2) is 49.0 Å². The Labute approximate surface area is 81.7 Å². The molecule has 0 amide bonds. The van der Waals surface area contributed by atoms with E-state index >= 15 is 0 Å². The first-order valence-corrected chi connectivity index (χ1v) is 4.76. The van der Waals surface area contributed by atoms with E-state index in [2.05, 4.69) is 32.7 Å². The lowest BCUT2D eigenvalue weighted by Gasteiger charge is -2.34. The summed E-state index contributed by atoms with van der Waals surface area (Å²) in [6, 6.07) is 0. The van der Waals surface area contributed by atoms with Gasteiger partial charge in [0.05, 0.1) is 6.10 Å². The summed E-state index contributed by atoms with van der Waals surface area (Å²) >= 11 is 0. The van der Waals surface area contributed by atoms with E-state index in [9.17, 15) is 0 Å². The molecule has 0 aromatic heterocycles. The maximum atomic E-state index is 8.78. The lowest BCUT2D eigenvalue weighted by Crippen LogP contribution is -2.43. The second-order valence-corrected chi connectivity index (χ2v) is 4.42. The topological polar surface area (TPSA) is 32.7 Å². The summed E-state index contributed by atoms with van der Waals surface area (Å²) in [5.74, 6) is 0. The molecular weight excluding hydrogens is 166 g/mol. The fraction of sp³-hybridized carbons (Fsp3) is 1.00. The molecule has 1 N–H and O–H groups in total. The van der Waals surface area contributed by atoms with Gasteiger partial charge in [-0.05, 0) is 34.2 Å². The molecule has 0 spiro atoms. The largest absolute Gasteiger partial charge is 0.396 e. The molecule has 0 saturated carbocycles. The zero-order chi connectivity index (χ0) is 10.5. The summed E-state index contributed by atoms with van der Waals surface area (Å²) in [5.41, 5.74) is 0.159. The number of methoxy groups -OCH3 is 1. The third-order valence-corrected chi connectivity index (χ3v) is 2.41. The standard InChI is InChI=1S/C10H23NO2/c1-10(2,3)11(4)8-9(13-5)6-7-12/h9,12H,6-8H2,1-5H3. The molecular formula is C10H23NO2. The van der Waals surface area contributed by atoms with Crippen LogP contribution in [0.1, 0.15) is 27.2 Å². The molecule has 0 bridgehead atoms. The van der Waals surface area contributed by atoms with Gasteiger partial charge in [-0.1, -0.05) is 0 Å². The van der Waals surface area contributed by atoms with Gasteiger partial charge in [-0.2, -0.15) is 0 Å².